The van der Waals surface area contributed by atoms with E-state index in [1.165, 1.54) is 6.08 Å². The van der Waals surface area contributed by atoms with Crippen molar-refractivity contribution in [2.75, 3.05) is 11.5 Å². The monoisotopic (exact) mass is 447 g/mol. The Labute approximate surface area is 185 Å². The first kappa shape index (κ1) is 20.3. The van der Waals surface area contributed by atoms with E-state index >= 15 is 0 Å². The maximum Gasteiger partial charge on any atom is 0.244 e. The number of nitrogens with zero attached hydrogens (tertiary/aromatic N) is 2. The van der Waals surface area contributed by atoms with Crippen LogP contribution in [0.5, 0.6) is 0 Å². The van der Waals surface area contributed by atoms with Gasteiger partial charge in [0.1, 0.15) is 11.3 Å². The van der Waals surface area contributed by atoms with Gasteiger partial charge in [0.15, 0.2) is 15.6 Å². The van der Waals surface area contributed by atoms with E-state index in [2.05, 4.69) is 5.32 Å². The molecule has 8 heteroatoms. The molecule has 0 spiro atoms. The number of carbonyl (C=O) groups is 1. The lowest BCUT2D eigenvalue weighted by atomic mass is 10.1. The molecule has 1 atom stereocenters. The summed E-state index contributed by atoms with van der Waals surface area (Å²) in [6, 6.07) is 19.0. The van der Waals surface area contributed by atoms with Crippen molar-refractivity contribution in [1.82, 2.24) is 15.1 Å². The number of para-hydroxylation sites is 2. The zero-order chi connectivity index (χ0) is 22.1. The number of carbonyl (C=O) groups excluding carboxylic acids is 1. The summed E-state index contributed by atoms with van der Waals surface area (Å²) in [7, 11) is -3.06. The Hall–Kier alpha value is -3.65. The van der Waals surface area contributed by atoms with E-state index in [0.29, 0.717) is 23.4 Å². The Kier molecular flexibility index (Phi) is 5.14. The highest BCUT2D eigenvalue weighted by molar-refractivity contribution is 7.91. The number of hydrogen-bond acceptors (Lipinski definition) is 5. The van der Waals surface area contributed by atoms with Gasteiger partial charge >= 0.3 is 0 Å². The Morgan fingerprint density at radius 2 is 1.91 bits per heavy atom. The SMILES string of the molecule is O=C(/C=C/c1cn(-c2ccccc2)nc1-c1cc2ccccc2o1)NC1CCS(=O)(=O)C1. The zero-order valence-corrected chi connectivity index (χ0v) is 18.0. The lowest BCUT2D eigenvalue weighted by molar-refractivity contribution is -0.116. The first-order valence-corrected chi connectivity index (χ1v) is 12.1. The normalized spacial score (nSPS) is 17.8. The van der Waals surface area contributed by atoms with Gasteiger partial charge in [-0.2, -0.15) is 5.10 Å². The highest BCUT2D eigenvalue weighted by Gasteiger charge is 2.28. The van der Waals surface area contributed by atoms with Gasteiger partial charge in [-0.05, 0) is 36.8 Å². The van der Waals surface area contributed by atoms with Crippen LogP contribution in [-0.4, -0.2) is 41.7 Å². The third-order valence-electron chi connectivity index (χ3n) is 5.42. The molecule has 162 valence electrons. The van der Waals surface area contributed by atoms with Crippen LogP contribution in [0, 0.1) is 0 Å². The molecule has 3 heterocycles. The first-order chi connectivity index (χ1) is 15.5. The Morgan fingerprint density at radius 1 is 1.12 bits per heavy atom. The minimum Gasteiger partial charge on any atom is -0.454 e. The van der Waals surface area contributed by atoms with Crippen molar-refractivity contribution in [3.63, 3.8) is 0 Å². The highest BCUT2D eigenvalue weighted by atomic mass is 32.2. The number of amides is 1. The summed E-state index contributed by atoms with van der Waals surface area (Å²) in [5.74, 6) is 0.364. The molecule has 32 heavy (non-hydrogen) atoms. The van der Waals surface area contributed by atoms with E-state index in [1.54, 1.807) is 10.8 Å². The van der Waals surface area contributed by atoms with Gasteiger partial charge < -0.3 is 9.73 Å². The standard InChI is InChI=1S/C24H21N3O4S/c28-23(25-19-12-13-32(29,30)16-19)11-10-18-15-27(20-7-2-1-3-8-20)26-24(18)22-14-17-6-4-5-9-21(17)31-22/h1-11,14-15,19H,12-13,16H2,(H,25,28)/b11-10+. The third-order valence-corrected chi connectivity index (χ3v) is 7.18. The molecule has 1 amide bonds. The fourth-order valence-electron chi connectivity index (χ4n) is 3.84. The van der Waals surface area contributed by atoms with Crippen LogP contribution in [0.15, 0.2) is 77.4 Å². The lowest BCUT2D eigenvalue weighted by Gasteiger charge is -2.07. The summed E-state index contributed by atoms with van der Waals surface area (Å²) < 4.78 is 31.0. The summed E-state index contributed by atoms with van der Waals surface area (Å²) in [6.07, 6.45) is 5.36. The van der Waals surface area contributed by atoms with Crippen LogP contribution in [0.1, 0.15) is 12.0 Å². The summed E-state index contributed by atoms with van der Waals surface area (Å²) in [5, 5.41) is 8.44. The summed E-state index contributed by atoms with van der Waals surface area (Å²) >= 11 is 0. The minimum absolute atomic E-state index is 0.0112. The van der Waals surface area contributed by atoms with Crippen molar-refractivity contribution in [1.29, 1.82) is 0 Å². The fraction of sp³-hybridized carbons (Fsp3) is 0.167. The van der Waals surface area contributed by atoms with E-state index in [-0.39, 0.29) is 23.5 Å². The van der Waals surface area contributed by atoms with Gasteiger partial charge in [-0.3, -0.25) is 4.79 Å². The minimum atomic E-state index is -3.06. The topological polar surface area (TPSA) is 94.2 Å². The zero-order valence-electron chi connectivity index (χ0n) is 17.1. The van der Waals surface area contributed by atoms with E-state index < -0.39 is 9.84 Å². The molecule has 0 bridgehead atoms. The van der Waals surface area contributed by atoms with Gasteiger partial charge in [-0.1, -0.05) is 36.4 Å². The number of fused-ring (bicyclic) bond motifs is 1. The Morgan fingerprint density at radius 3 is 2.66 bits per heavy atom. The molecule has 2 aromatic heterocycles. The fourth-order valence-corrected chi connectivity index (χ4v) is 5.51. The van der Waals surface area contributed by atoms with E-state index in [1.807, 2.05) is 66.9 Å². The van der Waals surface area contributed by atoms with Gasteiger partial charge in [0.05, 0.1) is 17.2 Å². The maximum absolute atomic E-state index is 12.4. The quantitative estimate of drug-likeness (QED) is 0.472. The molecule has 5 rings (SSSR count). The van der Waals surface area contributed by atoms with Crippen molar-refractivity contribution >= 4 is 32.8 Å². The molecule has 1 aliphatic heterocycles. The van der Waals surface area contributed by atoms with E-state index in [9.17, 15) is 13.2 Å². The van der Waals surface area contributed by atoms with E-state index in [4.69, 9.17) is 9.52 Å². The molecule has 0 radical (unpaired) electrons. The molecule has 1 unspecified atom stereocenters. The molecule has 4 aromatic rings. The third kappa shape index (κ3) is 4.22. The largest absolute Gasteiger partial charge is 0.454 e. The van der Waals surface area contributed by atoms with Gasteiger partial charge in [0, 0.05) is 29.3 Å². The van der Waals surface area contributed by atoms with Crippen molar-refractivity contribution < 1.29 is 17.6 Å². The molecule has 1 N–H and O–H groups in total. The number of rotatable bonds is 5. The molecule has 0 saturated carbocycles. The summed E-state index contributed by atoms with van der Waals surface area (Å²) in [6.45, 7) is 0. The smallest absolute Gasteiger partial charge is 0.244 e. The first-order valence-electron chi connectivity index (χ1n) is 10.3. The molecule has 1 fully saturated rings. The van der Waals surface area contributed by atoms with Crippen LogP contribution in [-0.2, 0) is 14.6 Å². The average Bonchev–Trinajstić information content (AvgIpc) is 3.48. The van der Waals surface area contributed by atoms with Crippen LogP contribution in [0.3, 0.4) is 0 Å². The van der Waals surface area contributed by atoms with Gasteiger partial charge in [-0.15, -0.1) is 0 Å². The van der Waals surface area contributed by atoms with Gasteiger partial charge in [-0.25, -0.2) is 13.1 Å². The second kappa shape index (κ2) is 8.12. The summed E-state index contributed by atoms with van der Waals surface area (Å²) in [4.78, 5) is 12.4. The van der Waals surface area contributed by atoms with Crippen LogP contribution in [0.25, 0.3) is 34.2 Å². The van der Waals surface area contributed by atoms with Crippen molar-refractivity contribution in [3.05, 3.63) is 78.5 Å². The predicted octanol–water partition coefficient (Wildman–Crippen LogP) is 3.60. The highest BCUT2D eigenvalue weighted by Crippen LogP contribution is 2.30. The number of aromatic nitrogens is 2. The van der Waals surface area contributed by atoms with Crippen LogP contribution in [0.4, 0.5) is 0 Å². The van der Waals surface area contributed by atoms with Gasteiger partial charge in [0.2, 0.25) is 5.91 Å². The predicted molar refractivity (Wildman–Crippen MR) is 123 cm³/mol. The molecule has 0 aliphatic carbocycles. The van der Waals surface area contributed by atoms with Crippen LogP contribution >= 0.6 is 0 Å². The molecule has 7 nitrogen and oxygen atoms in total. The maximum atomic E-state index is 12.4. The second-order valence-corrected chi connectivity index (χ2v) is 10.0. The average molecular weight is 448 g/mol. The van der Waals surface area contributed by atoms with Crippen molar-refractivity contribution in [3.8, 4) is 17.1 Å². The second-order valence-electron chi connectivity index (χ2n) is 7.80. The number of sulfone groups is 1. The Bertz CT molecular complexity index is 1380. The van der Waals surface area contributed by atoms with Crippen molar-refractivity contribution in [2.45, 2.75) is 12.5 Å². The molecular weight excluding hydrogens is 426 g/mol. The molecule has 2 aromatic carbocycles. The molecular formula is C24H21N3O4S. The van der Waals surface area contributed by atoms with E-state index in [0.717, 1.165) is 16.7 Å². The number of furan rings is 1. The number of benzene rings is 2. The Balaban J connectivity index is 1.46. The lowest BCUT2D eigenvalue weighted by Crippen LogP contribution is -2.34. The number of hydrogen-bond donors (Lipinski definition) is 1. The molecule has 1 saturated heterocycles. The number of nitrogens with one attached hydrogen (secondary N) is 1. The summed E-state index contributed by atoms with van der Waals surface area (Å²) in [5.41, 5.74) is 2.96. The van der Waals surface area contributed by atoms with Crippen molar-refractivity contribution in [2.24, 2.45) is 0 Å². The van der Waals surface area contributed by atoms with Crippen LogP contribution < -0.4 is 5.32 Å². The molecule has 1 aliphatic rings. The van der Waals surface area contributed by atoms with Gasteiger partial charge in [0.25, 0.3) is 0 Å². The van der Waals surface area contributed by atoms with Crippen LogP contribution in [0.2, 0.25) is 0 Å².